The maximum absolute atomic E-state index is 11.6. The average molecular weight is 322 g/mol. The van der Waals surface area contributed by atoms with Gasteiger partial charge in [0.25, 0.3) is 0 Å². The Morgan fingerprint density at radius 2 is 1.85 bits per heavy atom. The molecule has 0 bridgehead atoms. The van der Waals surface area contributed by atoms with Crippen LogP contribution in [0.5, 0.6) is 0 Å². The first-order valence-corrected chi connectivity index (χ1v) is 8.93. The van der Waals surface area contributed by atoms with Crippen molar-refractivity contribution in [2.75, 3.05) is 11.5 Å². The minimum Gasteiger partial charge on any atom is -0.389 e. The Balaban J connectivity index is 1.95. The fourth-order valence-electron chi connectivity index (χ4n) is 1.78. The molecule has 0 aromatic heterocycles. The molecule has 20 heavy (non-hydrogen) atoms. The Morgan fingerprint density at radius 1 is 1.20 bits per heavy atom. The molecule has 0 radical (unpaired) electrons. The van der Waals surface area contributed by atoms with Crippen molar-refractivity contribution in [2.24, 2.45) is 0 Å². The van der Waals surface area contributed by atoms with Crippen LogP contribution in [0, 0.1) is 0 Å². The number of benzene rings is 1. The van der Waals surface area contributed by atoms with Crippen LogP contribution in [-0.4, -0.2) is 45.7 Å². The van der Waals surface area contributed by atoms with Crippen molar-refractivity contribution in [1.82, 2.24) is 0 Å². The van der Waals surface area contributed by atoms with Crippen LogP contribution in [0.15, 0.2) is 30.3 Å². The van der Waals surface area contributed by atoms with E-state index in [2.05, 4.69) is 8.37 Å². The molecular formula is C11H14O7S2. The molecule has 1 aliphatic rings. The smallest absolute Gasteiger partial charge is 0.389 e. The summed E-state index contributed by atoms with van der Waals surface area (Å²) in [6.07, 6.45) is -2.68. The summed E-state index contributed by atoms with van der Waals surface area (Å²) in [5, 5.41) is 9.45. The van der Waals surface area contributed by atoms with Crippen LogP contribution < -0.4 is 0 Å². The minimum absolute atomic E-state index is 0.223. The highest BCUT2D eigenvalue weighted by Gasteiger charge is 2.40. The van der Waals surface area contributed by atoms with Crippen molar-refractivity contribution in [1.29, 1.82) is 0 Å². The zero-order valence-electron chi connectivity index (χ0n) is 10.4. The molecule has 1 aromatic rings. The molecule has 0 spiro atoms. The Hall–Kier alpha value is -1.00. The first-order chi connectivity index (χ1) is 9.27. The number of aliphatic hydroxyl groups excluding tert-OH is 1. The highest BCUT2D eigenvalue weighted by atomic mass is 32.3. The average Bonchev–Trinajstić information content (AvgIpc) is 2.60. The van der Waals surface area contributed by atoms with Gasteiger partial charge in [-0.2, -0.15) is 8.42 Å². The quantitative estimate of drug-likeness (QED) is 0.787. The molecule has 2 atom stereocenters. The van der Waals surface area contributed by atoms with E-state index in [0.29, 0.717) is 5.56 Å². The maximum Gasteiger partial charge on any atom is 0.400 e. The van der Waals surface area contributed by atoms with Crippen LogP contribution in [0.25, 0.3) is 0 Å². The van der Waals surface area contributed by atoms with E-state index in [1.807, 2.05) is 0 Å². The van der Waals surface area contributed by atoms with Gasteiger partial charge in [-0.05, 0) is 5.56 Å². The molecule has 1 N–H and O–H groups in total. The molecule has 0 aliphatic carbocycles. The third kappa shape index (κ3) is 4.25. The number of sulfone groups is 1. The van der Waals surface area contributed by atoms with Gasteiger partial charge in [-0.25, -0.2) is 16.8 Å². The summed E-state index contributed by atoms with van der Waals surface area (Å²) in [6.45, 7) is -0.223. The second kappa shape index (κ2) is 5.78. The van der Waals surface area contributed by atoms with Crippen molar-refractivity contribution < 1.29 is 30.3 Å². The Labute approximate surface area is 117 Å². The third-order valence-electron chi connectivity index (χ3n) is 2.73. The topological polar surface area (TPSA) is 107 Å². The lowest BCUT2D eigenvalue weighted by Gasteiger charge is -2.13. The van der Waals surface area contributed by atoms with E-state index in [0.717, 1.165) is 0 Å². The van der Waals surface area contributed by atoms with Gasteiger partial charge in [0.1, 0.15) is 6.10 Å². The molecule has 0 saturated carbocycles. The standard InChI is InChI=1S/C11H14O7S2/c12-10-7-19(13,14)8-11(10)18-20(15,16)17-6-9-4-2-1-3-5-9/h1-5,10-12H,6-8H2/t10-,11-/m1/s1. The lowest BCUT2D eigenvalue weighted by molar-refractivity contribution is 0.0620. The van der Waals surface area contributed by atoms with Gasteiger partial charge in [0, 0.05) is 0 Å². The van der Waals surface area contributed by atoms with E-state index in [4.69, 9.17) is 0 Å². The molecule has 1 aliphatic heterocycles. The fourth-order valence-corrected chi connectivity index (χ4v) is 4.37. The van der Waals surface area contributed by atoms with Crippen LogP contribution in [0.2, 0.25) is 0 Å². The van der Waals surface area contributed by atoms with Gasteiger partial charge in [0.2, 0.25) is 0 Å². The monoisotopic (exact) mass is 322 g/mol. The van der Waals surface area contributed by atoms with E-state index >= 15 is 0 Å². The summed E-state index contributed by atoms with van der Waals surface area (Å²) < 4.78 is 54.8. The highest BCUT2D eigenvalue weighted by molar-refractivity contribution is 7.91. The van der Waals surface area contributed by atoms with Crippen LogP contribution in [0.4, 0.5) is 0 Å². The Kier molecular flexibility index (Phi) is 4.45. The fraction of sp³-hybridized carbons (Fsp3) is 0.455. The molecule has 1 fully saturated rings. The Morgan fingerprint density at radius 3 is 2.40 bits per heavy atom. The van der Waals surface area contributed by atoms with Crippen LogP contribution in [-0.2, 0) is 35.2 Å². The molecular weight excluding hydrogens is 308 g/mol. The maximum atomic E-state index is 11.6. The van der Waals surface area contributed by atoms with Gasteiger partial charge in [-0.3, -0.25) is 0 Å². The summed E-state index contributed by atoms with van der Waals surface area (Å²) >= 11 is 0. The van der Waals surface area contributed by atoms with E-state index in [1.54, 1.807) is 30.3 Å². The Bertz CT molecular complexity index is 651. The van der Waals surface area contributed by atoms with Crippen molar-refractivity contribution in [2.45, 2.75) is 18.8 Å². The van der Waals surface area contributed by atoms with Crippen LogP contribution in [0.1, 0.15) is 5.56 Å². The molecule has 1 heterocycles. The molecule has 9 heteroatoms. The van der Waals surface area contributed by atoms with E-state index in [1.165, 1.54) is 0 Å². The lowest BCUT2D eigenvalue weighted by Crippen LogP contribution is -2.30. The van der Waals surface area contributed by atoms with E-state index in [-0.39, 0.29) is 6.61 Å². The third-order valence-corrected chi connectivity index (χ3v) is 5.30. The summed E-state index contributed by atoms with van der Waals surface area (Å²) in [6, 6.07) is 8.56. The van der Waals surface area contributed by atoms with Crippen LogP contribution >= 0.6 is 0 Å². The number of rotatable bonds is 5. The SMILES string of the molecule is O=S1(=O)C[C@@H](O)[C@H](OS(=O)(=O)OCc2ccccc2)C1. The number of hydrogen-bond donors (Lipinski definition) is 1. The first kappa shape index (κ1) is 15.4. The van der Waals surface area contributed by atoms with E-state index < -0.39 is 43.9 Å². The molecule has 1 aromatic carbocycles. The first-order valence-electron chi connectivity index (χ1n) is 5.77. The van der Waals surface area contributed by atoms with Crippen molar-refractivity contribution in [3.05, 3.63) is 35.9 Å². The number of aliphatic hydroxyl groups is 1. The zero-order valence-corrected chi connectivity index (χ0v) is 12.0. The second-order valence-electron chi connectivity index (χ2n) is 4.43. The molecule has 0 unspecified atom stereocenters. The predicted molar refractivity (Wildman–Crippen MR) is 69.7 cm³/mol. The molecule has 0 amide bonds. The summed E-state index contributed by atoms with van der Waals surface area (Å²) in [5.41, 5.74) is 0.624. The van der Waals surface area contributed by atoms with Gasteiger partial charge in [-0.1, -0.05) is 30.3 Å². The van der Waals surface area contributed by atoms with Crippen molar-refractivity contribution in [3.63, 3.8) is 0 Å². The highest BCUT2D eigenvalue weighted by Crippen LogP contribution is 2.19. The summed E-state index contributed by atoms with van der Waals surface area (Å²) in [5.74, 6) is -1.05. The van der Waals surface area contributed by atoms with Crippen molar-refractivity contribution >= 4 is 20.2 Å². The summed E-state index contributed by atoms with van der Waals surface area (Å²) in [7, 11) is -7.85. The second-order valence-corrected chi connectivity index (χ2v) is 7.83. The lowest BCUT2D eigenvalue weighted by atomic mass is 10.2. The normalized spacial score (nSPS) is 25.6. The molecule has 1 saturated heterocycles. The van der Waals surface area contributed by atoms with Crippen LogP contribution in [0.3, 0.4) is 0 Å². The van der Waals surface area contributed by atoms with Gasteiger partial charge < -0.3 is 5.11 Å². The van der Waals surface area contributed by atoms with Gasteiger partial charge >= 0.3 is 10.4 Å². The minimum atomic E-state index is -4.37. The number of hydrogen-bond acceptors (Lipinski definition) is 7. The molecule has 7 nitrogen and oxygen atoms in total. The van der Waals surface area contributed by atoms with Gasteiger partial charge in [-0.15, -0.1) is 0 Å². The summed E-state index contributed by atoms with van der Waals surface area (Å²) in [4.78, 5) is 0. The molecule has 112 valence electrons. The van der Waals surface area contributed by atoms with E-state index in [9.17, 15) is 21.9 Å². The molecule has 2 rings (SSSR count). The van der Waals surface area contributed by atoms with Gasteiger partial charge in [0.05, 0.1) is 24.2 Å². The largest absolute Gasteiger partial charge is 0.400 e. The predicted octanol–water partition coefficient (Wildman–Crippen LogP) is -0.378. The van der Waals surface area contributed by atoms with Crippen molar-refractivity contribution in [3.8, 4) is 0 Å². The van der Waals surface area contributed by atoms with Gasteiger partial charge in [0.15, 0.2) is 9.84 Å². The zero-order chi connectivity index (χ0) is 14.8.